The van der Waals surface area contributed by atoms with E-state index in [1.807, 2.05) is 32.0 Å². The van der Waals surface area contributed by atoms with E-state index in [0.717, 1.165) is 12.0 Å². The monoisotopic (exact) mass is 397 g/mol. The minimum Gasteiger partial charge on any atom is -0.490 e. The molecule has 0 spiro atoms. The van der Waals surface area contributed by atoms with Crippen molar-refractivity contribution in [2.45, 2.75) is 39.8 Å². The van der Waals surface area contributed by atoms with E-state index in [1.54, 1.807) is 30.0 Å². The standard InChI is InChI=1S/C23H27NO5/c1-4-27-20-11-10-18(14-21(20)28-5-2)23(26)29-16(3)22(25)24-13-12-17-8-6-7-9-19(17)15-24/h6-11,14,16H,4-5,12-13,15H2,1-3H3/t16-/m0/s1. The molecule has 1 atom stereocenters. The van der Waals surface area contributed by atoms with Crippen LogP contribution in [-0.2, 0) is 22.5 Å². The molecule has 3 rings (SSSR count). The molecular weight excluding hydrogens is 370 g/mol. The SMILES string of the molecule is CCOc1ccc(C(=O)O[C@@H](C)C(=O)N2CCc3ccccc3C2)cc1OCC. The Labute approximate surface area is 171 Å². The number of hydrogen-bond donors (Lipinski definition) is 0. The Morgan fingerprint density at radius 2 is 1.69 bits per heavy atom. The molecule has 0 saturated heterocycles. The molecule has 1 amide bonds. The molecule has 0 radical (unpaired) electrons. The summed E-state index contributed by atoms with van der Waals surface area (Å²) >= 11 is 0. The lowest BCUT2D eigenvalue weighted by molar-refractivity contribution is -0.140. The molecule has 2 aromatic rings. The Hall–Kier alpha value is -3.02. The number of esters is 1. The van der Waals surface area contributed by atoms with Gasteiger partial charge in [-0.1, -0.05) is 24.3 Å². The van der Waals surface area contributed by atoms with Crippen molar-refractivity contribution in [2.75, 3.05) is 19.8 Å². The van der Waals surface area contributed by atoms with Gasteiger partial charge < -0.3 is 19.1 Å². The van der Waals surface area contributed by atoms with Crippen LogP contribution in [0.4, 0.5) is 0 Å². The maximum Gasteiger partial charge on any atom is 0.339 e. The second-order valence-electron chi connectivity index (χ2n) is 6.85. The van der Waals surface area contributed by atoms with Crippen molar-refractivity contribution in [1.29, 1.82) is 0 Å². The van der Waals surface area contributed by atoms with Crippen molar-refractivity contribution in [1.82, 2.24) is 4.90 Å². The first-order chi connectivity index (χ1) is 14.0. The minimum atomic E-state index is -0.866. The highest BCUT2D eigenvalue weighted by molar-refractivity contribution is 5.93. The molecule has 0 unspecified atom stereocenters. The first kappa shape index (κ1) is 20.7. The fraction of sp³-hybridized carbons (Fsp3) is 0.391. The highest BCUT2D eigenvalue weighted by Gasteiger charge is 2.27. The molecule has 1 aliphatic heterocycles. The lowest BCUT2D eigenvalue weighted by Gasteiger charge is -2.30. The third kappa shape index (κ3) is 4.88. The summed E-state index contributed by atoms with van der Waals surface area (Å²) in [5.74, 6) is 0.300. The quantitative estimate of drug-likeness (QED) is 0.668. The molecular formula is C23H27NO5. The Morgan fingerprint density at radius 3 is 2.41 bits per heavy atom. The Kier molecular flexibility index (Phi) is 6.75. The van der Waals surface area contributed by atoms with Gasteiger partial charge in [-0.25, -0.2) is 4.79 Å². The zero-order valence-electron chi connectivity index (χ0n) is 17.1. The summed E-state index contributed by atoms with van der Waals surface area (Å²) in [5.41, 5.74) is 2.72. The number of fused-ring (bicyclic) bond motifs is 1. The summed E-state index contributed by atoms with van der Waals surface area (Å²) in [6, 6.07) is 13.0. The molecule has 29 heavy (non-hydrogen) atoms. The van der Waals surface area contributed by atoms with E-state index in [-0.39, 0.29) is 5.91 Å². The topological polar surface area (TPSA) is 65.1 Å². The van der Waals surface area contributed by atoms with Crippen LogP contribution in [-0.4, -0.2) is 42.6 Å². The average molecular weight is 397 g/mol. The molecule has 1 aliphatic rings. The predicted molar refractivity (Wildman–Crippen MR) is 109 cm³/mol. The fourth-order valence-corrected chi connectivity index (χ4v) is 3.40. The highest BCUT2D eigenvalue weighted by atomic mass is 16.5. The maximum absolute atomic E-state index is 12.8. The molecule has 0 bridgehead atoms. The zero-order valence-corrected chi connectivity index (χ0v) is 17.1. The second kappa shape index (κ2) is 9.45. The van der Waals surface area contributed by atoms with Gasteiger partial charge in [0, 0.05) is 13.1 Å². The van der Waals surface area contributed by atoms with Crippen LogP contribution in [0.25, 0.3) is 0 Å². The molecule has 0 N–H and O–H groups in total. The van der Waals surface area contributed by atoms with Crippen LogP contribution in [0.2, 0.25) is 0 Å². The smallest absolute Gasteiger partial charge is 0.339 e. The molecule has 0 aliphatic carbocycles. The number of carbonyl (C=O) groups excluding carboxylic acids is 2. The van der Waals surface area contributed by atoms with Gasteiger partial charge in [0.25, 0.3) is 5.91 Å². The molecule has 6 heteroatoms. The molecule has 1 heterocycles. The Balaban J connectivity index is 1.65. The average Bonchev–Trinajstić information content (AvgIpc) is 2.74. The van der Waals surface area contributed by atoms with E-state index in [9.17, 15) is 9.59 Å². The first-order valence-electron chi connectivity index (χ1n) is 9.99. The first-order valence-corrected chi connectivity index (χ1v) is 9.99. The van der Waals surface area contributed by atoms with E-state index in [1.165, 1.54) is 5.56 Å². The maximum atomic E-state index is 12.8. The minimum absolute atomic E-state index is 0.191. The van der Waals surface area contributed by atoms with Gasteiger partial charge in [0.1, 0.15) is 0 Å². The van der Waals surface area contributed by atoms with Crippen LogP contribution >= 0.6 is 0 Å². The van der Waals surface area contributed by atoms with Gasteiger partial charge in [-0.3, -0.25) is 4.79 Å². The lowest BCUT2D eigenvalue weighted by atomic mass is 9.99. The van der Waals surface area contributed by atoms with E-state index in [2.05, 4.69) is 6.07 Å². The summed E-state index contributed by atoms with van der Waals surface area (Å²) < 4.78 is 16.5. The molecule has 0 fully saturated rings. The fourth-order valence-electron chi connectivity index (χ4n) is 3.40. The third-order valence-corrected chi connectivity index (χ3v) is 4.85. The number of hydrogen-bond acceptors (Lipinski definition) is 5. The number of carbonyl (C=O) groups is 2. The number of rotatable bonds is 7. The Bertz CT molecular complexity index is 879. The summed E-state index contributed by atoms with van der Waals surface area (Å²) in [7, 11) is 0. The molecule has 6 nitrogen and oxygen atoms in total. The van der Waals surface area contributed by atoms with Crippen molar-refractivity contribution in [2.24, 2.45) is 0 Å². The van der Waals surface area contributed by atoms with Crippen LogP contribution < -0.4 is 9.47 Å². The van der Waals surface area contributed by atoms with Gasteiger partial charge >= 0.3 is 5.97 Å². The number of benzene rings is 2. The number of nitrogens with zero attached hydrogens (tertiary/aromatic N) is 1. The van der Waals surface area contributed by atoms with Crippen LogP contribution in [0.3, 0.4) is 0 Å². The van der Waals surface area contributed by atoms with E-state index < -0.39 is 12.1 Å². The van der Waals surface area contributed by atoms with E-state index in [4.69, 9.17) is 14.2 Å². The van der Waals surface area contributed by atoms with Gasteiger partial charge in [-0.05, 0) is 56.5 Å². The highest BCUT2D eigenvalue weighted by Crippen LogP contribution is 2.29. The zero-order chi connectivity index (χ0) is 20.8. The summed E-state index contributed by atoms with van der Waals surface area (Å²) in [6.07, 6.45) is -0.0611. The molecule has 0 saturated carbocycles. The molecule has 2 aromatic carbocycles. The van der Waals surface area contributed by atoms with Crippen molar-refractivity contribution >= 4 is 11.9 Å². The predicted octanol–water partition coefficient (Wildman–Crippen LogP) is 3.61. The summed E-state index contributed by atoms with van der Waals surface area (Å²) in [5, 5.41) is 0. The van der Waals surface area contributed by atoms with Crippen molar-refractivity contribution in [3.63, 3.8) is 0 Å². The van der Waals surface area contributed by atoms with E-state index in [0.29, 0.717) is 43.4 Å². The normalized spacial score (nSPS) is 14.0. The number of ether oxygens (including phenoxy) is 3. The van der Waals surface area contributed by atoms with Gasteiger partial charge in [-0.15, -0.1) is 0 Å². The van der Waals surface area contributed by atoms with E-state index >= 15 is 0 Å². The van der Waals surface area contributed by atoms with Crippen LogP contribution in [0.1, 0.15) is 42.3 Å². The summed E-state index contributed by atoms with van der Waals surface area (Å²) in [4.78, 5) is 27.1. The second-order valence-corrected chi connectivity index (χ2v) is 6.85. The largest absolute Gasteiger partial charge is 0.490 e. The van der Waals surface area contributed by atoms with Crippen LogP contribution in [0.15, 0.2) is 42.5 Å². The van der Waals surface area contributed by atoms with Gasteiger partial charge in [0.15, 0.2) is 17.6 Å². The van der Waals surface area contributed by atoms with Gasteiger partial charge in [-0.2, -0.15) is 0 Å². The van der Waals surface area contributed by atoms with Crippen molar-refractivity contribution in [3.05, 3.63) is 59.2 Å². The third-order valence-electron chi connectivity index (χ3n) is 4.85. The van der Waals surface area contributed by atoms with Gasteiger partial charge in [0.05, 0.1) is 18.8 Å². The van der Waals surface area contributed by atoms with Crippen molar-refractivity contribution in [3.8, 4) is 11.5 Å². The molecule has 0 aromatic heterocycles. The van der Waals surface area contributed by atoms with Crippen LogP contribution in [0.5, 0.6) is 11.5 Å². The molecule has 154 valence electrons. The number of amides is 1. The summed E-state index contributed by atoms with van der Waals surface area (Å²) in [6.45, 7) is 7.45. The van der Waals surface area contributed by atoms with Gasteiger partial charge in [0.2, 0.25) is 0 Å². The Morgan fingerprint density at radius 1 is 1.00 bits per heavy atom. The van der Waals surface area contributed by atoms with Crippen LogP contribution in [0, 0.1) is 0 Å². The lowest BCUT2D eigenvalue weighted by Crippen LogP contribution is -2.42. The van der Waals surface area contributed by atoms with Crippen molar-refractivity contribution < 1.29 is 23.8 Å².